The fourth-order valence-corrected chi connectivity index (χ4v) is 4.65. The third kappa shape index (κ3) is 5.34. The number of alkyl carbamates (subject to hydrolysis) is 1. The van der Waals surface area contributed by atoms with E-state index in [-0.39, 0.29) is 6.09 Å². The molecular formula is C17H32N2O2S. The van der Waals surface area contributed by atoms with Crippen LogP contribution in [0.3, 0.4) is 0 Å². The predicted molar refractivity (Wildman–Crippen MR) is 93.4 cm³/mol. The average molecular weight is 329 g/mol. The number of hydrogen-bond acceptors (Lipinski definition) is 4. The SMILES string of the molecule is CSC1CCCC1NC1CCCC1CNC(=O)OC(C)(C)C. The number of carbonyl (C=O) groups is 1. The minimum Gasteiger partial charge on any atom is -0.444 e. The van der Waals surface area contributed by atoms with Crippen LogP contribution < -0.4 is 10.6 Å². The fraction of sp³-hybridized carbons (Fsp3) is 0.941. The molecule has 4 unspecified atom stereocenters. The van der Waals surface area contributed by atoms with E-state index in [2.05, 4.69) is 16.9 Å². The Morgan fingerprint density at radius 1 is 1.14 bits per heavy atom. The van der Waals surface area contributed by atoms with Crippen LogP contribution in [0.5, 0.6) is 0 Å². The van der Waals surface area contributed by atoms with Crippen molar-refractivity contribution in [2.24, 2.45) is 5.92 Å². The Kier molecular flexibility index (Phi) is 6.45. The Labute approximate surface area is 139 Å². The largest absolute Gasteiger partial charge is 0.444 e. The minimum absolute atomic E-state index is 0.291. The third-order valence-electron chi connectivity index (χ3n) is 4.75. The maximum absolute atomic E-state index is 11.8. The van der Waals surface area contributed by atoms with Crippen LogP contribution in [0.2, 0.25) is 0 Å². The van der Waals surface area contributed by atoms with E-state index in [9.17, 15) is 4.79 Å². The van der Waals surface area contributed by atoms with Crippen molar-refractivity contribution in [2.45, 2.75) is 82.2 Å². The monoisotopic (exact) mass is 328 g/mol. The molecule has 0 radical (unpaired) electrons. The Morgan fingerprint density at radius 3 is 2.50 bits per heavy atom. The molecule has 128 valence electrons. The maximum atomic E-state index is 11.8. The average Bonchev–Trinajstić information content (AvgIpc) is 3.04. The van der Waals surface area contributed by atoms with Gasteiger partial charge in [-0.05, 0) is 58.6 Å². The predicted octanol–water partition coefficient (Wildman–Crippen LogP) is 3.55. The second kappa shape index (κ2) is 7.91. The number of rotatable bonds is 5. The first kappa shape index (κ1) is 17.9. The van der Waals surface area contributed by atoms with Crippen molar-refractivity contribution in [2.75, 3.05) is 12.8 Å². The lowest BCUT2D eigenvalue weighted by Gasteiger charge is -2.28. The first-order valence-corrected chi connectivity index (χ1v) is 9.93. The molecule has 0 saturated heterocycles. The van der Waals surface area contributed by atoms with E-state index in [1.165, 1.54) is 38.5 Å². The molecule has 0 aromatic carbocycles. The summed E-state index contributed by atoms with van der Waals surface area (Å²) < 4.78 is 5.33. The molecule has 5 heteroatoms. The van der Waals surface area contributed by atoms with Crippen LogP contribution in [0, 0.1) is 5.92 Å². The highest BCUT2D eigenvalue weighted by Gasteiger charge is 2.33. The lowest BCUT2D eigenvalue weighted by molar-refractivity contribution is 0.0517. The number of carbonyl (C=O) groups excluding carboxylic acids is 1. The van der Waals surface area contributed by atoms with Gasteiger partial charge in [0.1, 0.15) is 5.60 Å². The molecular weight excluding hydrogens is 296 g/mol. The van der Waals surface area contributed by atoms with E-state index >= 15 is 0 Å². The van der Waals surface area contributed by atoms with Gasteiger partial charge in [0.25, 0.3) is 0 Å². The van der Waals surface area contributed by atoms with Gasteiger partial charge in [-0.25, -0.2) is 4.79 Å². The molecule has 2 rings (SSSR count). The molecule has 1 amide bonds. The van der Waals surface area contributed by atoms with Gasteiger partial charge < -0.3 is 15.4 Å². The van der Waals surface area contributed by atoms with E-state index < -0.39 is 5.60 Å². The number of hydrogen-bond donors (Lipinski definition) is 2. The van der Waals surface area contributed by atoms with Crippen molar-refractivity contribution in [3.05, 3.63) is 0 Å². The zero-order chi connectivity index (χ0) is 16.2. The molecule has 2 saturated carbocycles. The van der Waals surface area contributed by atoms with Crippen molar-refractivity contribution in [1.82, 2.24) is 10.6 Å². The second-order valence-corrected chi connectivity index (χ2v) is 8.74. The second-order valence-electron chi connectivity index (χ2n) is 7.66. The van der Waals surface area contributed by atoms with Crippen LogP contribution >= 0.6 is 11.8 Å². The lowest BCUT2D eigenvalue weighted by atomic mass is 10.0. The van der Waals surface area contributed by atoms with Crippen LogP contribution in [0.4, 0.5) is 4.79 Å². The van der Waals surface area contributed by atoms with E-state index in [1.807, 2.05) is 32.5 Å². The molecule has 0 aromatic heterocycles. The topological polar surface area (TPSA) is 50.4 Å². The number of amides is 1. The molecule has 22 heavy (non-hydrogen) atoms. The summed E-state index contributed by atoms with van der Waals surface area (Å²) in [4.78, 5) is 11.8. The summed E-state index contributed by atoms with van der Waals surface area (Å²) in [6.07, 6.45) is 9.61. The minimum atomic E-state index is -0.424. The number of thioether (sulfide) groups is 1. The number of nitrogens with one attached hydrogen (secondary N) is 2. The van der Waals surface area contributed by atoms with E-state index in [4.69, 9.17) is 4.74 Å². The van der Waals surface area contributed by atoms with Crippen LogP contribution in [-0.2, 0) is 4.74 Å². The van der Waals surface area contributed by atoms with Crippen LogP contribution in [0.15, 0.2) is 0 Å². The molecule has 0 bridgehead atoms. The van der Waals surface area contributed by atoms with Crippen molar-refractivity contribution >= 4 is 17.9 Å². The summed E-state index contributed by atoms with van der Waals surface area (Å²) >= 11 is 2.00. The van der Waals surface area contributed by atoms with Crippen LogP contribution in [0.25, 0.3) is 0 Å². The summed E-state index contributed by atoms with van der Waals surface area (Å²) in [6, 6.07) is 1.20. The molecule has 4 nitrogen and oxygen atoms in total. The van der Waals surface area contributed by atoms with Gasteiger partial charge in [0.05, 0.1) is 0 Å². The molecule has 2 aliphatic rings. The fourth-order valence-electron chi connectivity index (χ4n) is 3.70. The van der Waals surface area contributed by atoms with Gasteiger partial charge in [-0.3, -0.25) is 0 Å². The van der Waals surface area contributed by atoms with Crippen LogP contribution in [-0.4, -0.2) is 41.8 Å². The van der Waals surface area contributed by atoms with Gasteiger partial charge >= 0.3 is 6.09 Å². The maximum Gasteiger partial charge on any atom is 0.407 e. The van der Waals surface area contributed by atoms with Gasteiger partial charge in [-0.2, -0.15) is 11.8 Å². The first-order chi connectivity index (χ1) is 10.4. The molecule has 2 fully saturated rings. The highest BCUT2D eigenvalue weighted by atomic mass is 32.2. The van der Waals surface area contributed by atoms with Gasteiger partial charge in [-0.15, -0.1) is 0 Å². The zero-order valence-electron chi connectivity index (χ0n) is 14.5. The Morgan fingerprint density at radius 2 is 1.82 bits per heavy atom. The van der Waals surface area contributed by atoms with E-state index in [1.54, 1.807) is 0 Å². The highest BCUT2D eigenvalue weighted by Crippen LogP contribution is 2.32. The summed E-state index contributed by atoms with van der Waals surface area (Å²) in [5, 5.41) is 7.61. The van der Waals surface area contributed by atoms with Gasteiger partial charge in [0.2, 0.25) is 0 Å². The summed E-state index contributed by atoms with van der Waals surface area (Å²) in [5.41, 5.74) is -0.424. The van der Waals surface area contributed by atoms with Crippen LogP contribution in [0.1, 0.15) is 59.3 Å². The molecule has 4 atom stereocenters. The smallest absolute Gasteiger partial charge is 0.407 e. The molecule has 2 aliphatic carbocycles. The van der Waals surface area contributed by atoms with E-state index in [0.29, 0.717) is 18.0 Å². The summed E-state index contributed by atoms with van der Waals surface area (Å²) in [5.74, 6) is 0.538. The lowest BCUT2D eigenvalue weighted by Crippen LogP contribution is -2.46. The van der Waals surface area contributed by atoms with Gasteiger partial charge in [0, 0.05) is 23.9 Å². The van der Waals surface area contributed by atoms with Crippen molar-refractivity contribution in [3.8, 4) is 0 Å². The number of ether oxygens (including phenoxy) is 1. The summed E-state index contributed by atoms with van der Waals surface area (Å²) in [7, 11) is 0. The van der Waals surface area contributed by atoms with Crippen molar-refractivity contribution in [1.29, 1.82) is 0 Å². The first-order valence-electron chi connectivity index (χ1n) is 8.65. The standard InChI is InChI=1S/C17H32N2O2S/c1-17(2,3)21-16(20)18-11-12-7-5-8-13(12)19-14-9-6-10-15(14)22-4/h12-15,19H,5-11H2,1-4H3,(H,18,20). The van der Waals surface area contributed by atoms with Gasteiger partial charge in [-0.1, -0.05) is 12.8 Å². The molecule has 0 aliphatic heterocycles. The highest BCUT2D eigenvalue weighted by molar-refractivity contribution is 7.99. The Balaban J connectivity index is 1.77. The summed E-state index contributed by atoms with van der Waals surface area (Å²) in [6.45, 7) is 6.42. The molecule has 0 heterocycles. The Hall–Kier alpha value is -0.420. The molecule has 2 N–H and O–H groups in total. The van der Waals surface area contributed by atoms with Gasteiger partial charge in [0.15, 0.2) is 0 Å². The normalized spacial score (nSPS) is 32.2. The molecule has 0 aromatic rings. The van der Waals surface area contributed by atoms with Crippen molar-refractivity contribution < 1.29 is 9.53 Å². The van der Waals surface area contributed by atoms with E-state index in [0.717, 1.165) is 11.8 Å². The quantitative estimate of drug-likeness (QED) is 0.810. The Bertz CT molecular complexity index is 370. The third-order valence-corrected chi connectivity index (χ3v) is 5.92. The van der Waals surface area contributed by atoms with Crippen molar-refractivity contribution in [3.63, 3.8) is 0 Å². The zero-order valence-corrected chi connectivity index (χ0v) is 15.3. The molecule has 0 spiro atoms.